The summed E-state index contributed by atoms with van der Waals surface area (Å²) in [5.41, 5.74) is 3.08. The Morgan fingerprint density at radius 2 is 2.08 bits per heavy atom. The molecule has 3 aromatic rings. The molecule has 0 aliphatic carbocycles. The Hall–Kier alpha value is -2.73. The Morgan fingerprint density at radius 1 is 1.33 bits per heavy atom. The maximum absolute atomic E-state index is 12.7. The standard InChI is InChI=1S/C18H19N3O3/c1-11(10-23-3)19-17(22)14-9-15(13-7-5-4-6-8-13)20-18-16(14)12(2)21-24-18/h4-9,11H,10H2,1-3H3,(H,19,22)/t11-/m1/s1. The van der Waals surface area contributed by atoms with E-state index in [1.165, 1.54) is 0 Å². The van der Waals surface area contributed by atoms with Crippen molar-refractivity contribution in [2.24, 2.45) is 0 Å². The molecule has 0 unspecified atom stereocenters. The van der Waals surface area contributed by atoms with E-state index >= 15 is 0 Å². The maximum Gasteiger partial charge on any atom is 0.259 e. The number of aryl methyl sites for hydroxylation is 1. The molecule has 24 heavy (non-hydrogen) atoms. The molecule has 0 fully saturated rings. The van der Waals surface area contributed by atoms with Crippen molar-refractivity contribution in [1.29, 1.82) is 0 Å². The van der Waals surface area contributed by atoms with Gasteiger partial charge in [-0.3, -0.25) is 4.79 Å². The van der Waals surface area contributed by atoms with E-state index in [1.807, 2.05) is 37.3 Å². The second-order valence-corrected chi connectivity index (χ2v) is 5.70. The molecule has 0 aliphatic heterocycles. The van der Waals surface area contributed by atoms with Crippen LogP contribution < -0.4 is 5.32 Å². The van der Waals surface area contributed by atoms with Crippen molar-refractivity contribution in [2.75, 3.05) is 13.7 Å². The van der Waals surface area contributed by atoms with Gasteiger partial charge in [0.25, 0.3) is 11.6 Å². The summed E-state index contributed by atoms with van der Waals surface area (Å²) in [6.45, 7) is 4.12. The fourth-order valence-corrected chi connectivity index (χ4v) is 2.62. The predicted octanol–water partition coefficient (Wildman–Crippen LogP) is 2.96. The number of aromatic nitrogens is 2. The van der Waals surface area contributed by atoms with Gasteiger partial charge in [-0.25, -0.2) is 4.98 Å². The van der Waals surface area contributed by atoms with Gasteiger partial charge in [-0.2, -0.15) is 0 Å². The van der Waals surface area contributed by atoms with E-state index < -0.39 is 0 Å². The van der Waals surface area contributed by atoms with Crippen molar-refractivity contribution >= 4 is 17.0 Å². The number of ether oxygens (including phenoxy) is 1. The number of methoxy groups -OCH3 is 1. The maximum atomic E-state index is 12.7. The first-order valence-electron chi connectivity index (χ1n) is 7.72. The molecule has 2 aromatic heterocycles. The summed E-state index contributed by atoms with van der Waals surface area (Å²) in [6.07, 6.45) is 0. The summed E-state index contributed by atoms with van der Waals surface area (Å²) in [5, 5.41) is 7.51. The highest BCUT2D eigenvalue weighted by atomic mass is 16.5. The van der Waals surface area contributed by atoms with Gasteiger partial charge < -0.3 is 14.6 Å². The number of fused-ring (bicyclic) bond motifs is 1. The summed E-state index contributed by atoms with van der Waals surface area (Å²) in [5.74, 6) is -0.199. The van der Waals surface area contributed by atoms with Crippen molar-refractivity contribution in [3.63, 3.8) is 0 Å². The summed E-state index contributed by atoms with van der Waals surface area (Å²) >= 11 is 0. The van der Waals surface area contributed by atoms with Crippen LogP contribution in [0.25, 0.3) is 22.4 Å². The van der Waals surface area contributed by atoms with Gasteiger partial charge in [0, 0.05) is 18.7 Å². The minimum atomic E-state index is -0.199. The molecular formula is C18H19N3O3. The van der Waals surface area contributed by atoms with Crippen LogP contribution in [0.3, 0.4) is 0 Å². The normalized spacial score (nSPS) is 12.3. The predicted molar refractivity (Wildman–Crippen MR) is 90.8 cm³/mol. The first-order chi connectivity index (χ1) is 11.6. The number of hydrogen-bond acceptors (Lipinski definition) is 5. The number of pyridine rings is 1. The van der Waals surface area contributed by atoms with Crippen LogP contribution in [0.2, 0.25) is 0 Å². The lowest BCUT2D eigenvalue weighted by molar-refractivity contribution is 0.0907. The first kappa shape index (κ1) is 16.1. The molecule has 0 aliphatic rings. The molecule has 6 nitrogen and oxygen atoms in total. The number of carbonyl (C=O) groups excluding carboxylic acids is 1. The molecule has 0 radical (unpaired) electrons. The molecule has 2 heterocycles. The van der Waals surface area contributed by atoms with Gasteiger partial charge in [-0.15, -0.1) is 0 Å². The lowest BCUT2D eigenvalue weighted by Gasteiger charge is -2.13. The van der Waals surface area contributed by atoms with Gasteiger partial charge in [0.1, 0.15) is 0 Å². The Bertz CT molecular complexity index is 859. The zero-order valence-corrected chi connectivity index (χ0v) is 13.9. The van der Waals surface area contributed by atoms with Crippen LogP contribution >= 0.6 is 0 Å². The van der Waals surface area contributed by atoms with E-state index in [0.29, 0.717) is 34.7 Å². The number of nitrogens with one attached hydrogen (secondary N) is 1. The summed E-state index contributed by atoms with van der Waals surface area (Å²) in [6, 6.07) is 11.3. The second kappa shape index (κ2) is 6.80. The molecule has 1 amide bonds. The number of nitrogens with zero attached hydrogens (tertiary/aromatic N) is 2. The van der Waals surface area contributed by atoms with Crippen LogP contribution in [0.5, 0.6) is 0 Å². The number of rotatable bonds is 5. The zero-order chi connectivity index (χ0) is 17.1. The SMILES string of the molecule is COC[C@@H](C)NC(=O)c1cc(-c2ccccc2)nc2onc(C)c12. The molecular weight excluding hydrogens is 306 g/mol. The third kappa shape index (κ3) is 3.14. The van der Waals surface area contributed by atoms with E-state index in [2.05, 4.69) is 15.5 Å². The van der Waals surface area contributed by atoms with E-state index in [0.717, 1.165) is 5.56 Å². The third-order valence-electron chi connectivity index (χ3n) is 3.73. The number of benzene rings is 1. The van der Waals surface area contributed by atoms with Crippen molar-refractivity contribution in [2.45, 2.75) is 19.9 Å². The van der Waals surface area contributed by atoms with Crippen LogP contribution in [0.15, 0.2) is 40.9 Å². The molecule has 6 heteroatoms. The van der Waals surface area contributed by atoms with Gasteiger partial charge in [0.15, 0.2) is 0 Å². The number of hydrogen-bond donors (Lipinski definition) is 1. The molecule has 0 spiro atoms. The highest BCUT2D eigenvalue weighted by Crippen LogP contribution is 2.26. The summed E-state index contributed by atoms with van der Waals surface area (Å²) < 4.78 is 10.4. The van der Waals surface area contributed by atoms with Crippen LogP contribution in [0, 0.1) is 6.92 Å². The van der Waals surface area contributed by atoms with E-state index in [1.54, 1.807) is 20.1 Å². The van der Waals surface area contributed by atoms with Crippen LogP contribution in [-0.2, 0) is 4.74 Å². The average molecular weight is 325 g/mol. The van der Waals surface area contributed by atoms with Gasteiger partial charge in [0.2, 0.25) is 0 Å². The Morgan fingerprint density at radius 3 is 2.79 bits per heavy atom. The monoisotopic (exact) mass is 325 g/mol. The summed E-state index contributed by atoms with van der Waals surface area (Å²) in [7, 11) is 1.60. The summed E-state index contributed by atoms with van der Waals surface area (Å²) in [4.78, 5) is 17.2. The molecule has 1 atom stereocenters. The van der Waals surface area contributed by atoms with Gasteiger partial charge >= 0.3 is 0 Å². The number of carbonyl (C=O) groups is 1. The van der Waals surface area contributed by atoms with Crippen molar-refractivity contribution in [3.05, 3.63) is 47.7 Å². The third-order valence-corrected chi connectivity index (χ3v) is 3.73. The molecule has 1 aromatic carbocycles. The molecule has 3 rings (SSSR count). The Kier molecular flexibility index (Phi) is 4.57. The minimum Gasteiger partial charge on any atom is -0.383 e. The second-order valence-electron chi connectivity index (χ2n) is 5.70. The van der Waals surface area contributed by atoms with Crippen molar-refractivity contribution in [1.82, 2.24) is 15.5 Å². The quantitative estimate of drug-likeness (QED) is 0.780. The fraction of sp³-hybridized carbons (Fsp3) is 0.278. The molecule has 0 bridgehead atoms. The first-order valence-corrected chi connectivity index (χ1v) is 7.72. The topological polar surface area (TPSA) is 77.2 Å². The van der Waals surface area contributed by atoms with Crippen molar-refractivity contribution in [3.8, 4) is 11.3 Å². The van der Waals surface area contributed by atoms with Crippen molar-refractivity contribution < 1.29 is 14.1 Å². The lowest BCUT2D eigenvalue weighted by atomic mass is 10.0. The largest absolute Gasteiger partial charge is 0.383 e. The van der Waals surface area contributed by atoms with E-state index in [-0.39, 0.29) is 11.9 Å². The average Bonchev–Trinajstić information content (AvgIpc) is 2.96. The van der Waals surface area contributed by atoms with Crippen LogP contribution in [-0.4, -0.2) is 35.8 Å². The van der Waals surface area contributed by atoms with E-state index in [9.17, 15) is 4.79 Å². The fourth-order valence-electron chi connectivity index (χ4n) is 2.62. The zero-order valence-electron chi connectivity index (χ0n) is 13.9. The lowest BCUT2D eigenvalue weighted by Crippen LogP contribution is -2.35. The van der Waals surface area contributed by atoms with Gasteiger partial charge in [-0.1, -0.05) is 35.5 Å². The molecule has 0 saturated heterocycles. The van der Waals surface area contributed by atoms with Crippen LogP contribution in [0.4, 0.5) is 0 Å². The smallest absolute Gasteiger partial charge is 0.259 e. The highest BCUT2D eigenvalue weighted by molar-refractivity contribution is 6.07. The Labute approximate surface area is 139 Å². The van der Waals surface area contributed by atoms with Gasteiger partial charge in [-0.05, 0) is 19.9 Å². The molecule has 1 N–H and O–H groups in total. The van der Waals surface area contributed by atoms with Crippen LogP contribution in [0.1, 0.15) is 23.0 Å². The number of amides is 1. The molecule has 0 saturated carbocycles. The minimum absolute atomic E-state index is 0.106. The van der Waals surface area contributed by atoms with E-state index in [4.69, 9.17) is 9.26 Å². The highest BCUT2D eigenvalue weighted by Gasteiger charge is 2.20. The molecule has 124 valence electrons. The Balaban J connectivity index is 2.07. The van der Waals surface area contributed by atoms with Gasteiger partial charge in [0.05, 0.1) is 28.9 Å².